The predicted molar refractivity (Wildman–Crippen MR) is 55.2 cm³/mol. The number of nitrogens with zero attached hydrogens (tertiary/aromatic N) is 1. The van der Waals surface area contributed by atoms with Crippen molar-refractivity contribution >= 4 is 27.9 Å². The van der Waals surface area contributed by atoms with Crippen LogP contribution in [0.15, 0.2) is 22.7 Å². The molecule has 0 spiro atoms. The molecule has 0 aliphatic heterocycles. The Morgan fingerprint density at radius 1 is 1.50 bits per heavy atom. The fraction of sp³-hybridized carbons (Fsp3) is 0.222. The van der Waals surface area contributed by atoms with Gasteiger partial charge in [-0.1, -0.05) is 6.07 Å². The summed E-state index contributed by atoms with van der Waals surface area (Å²) in [6.45, 7) is 0. The van der Waals surface area contributed by atoms with Crippen molar-refractivity contribution in [2.24, 2.45) is 0 Å². The Morgan fingerprint density at radius 3 is 2.79 bits per heavy atom. The van der Waals surface area contributed by atoms with Gasteiger partial charge < -0.3 is 4.79 Å². The summed E-state index contributed by atoms with van der Waals surface area (Å²) in [5.74, 6) is 0. The lowest BCUT2D eigenvalue weighted by atomic mass is 10.1. The largest absolute Gasteiger partial charge is 0.303 e. The lowest BCUT2D eigenvalue weighted by molar-refractivity contribution is -0.385. The molecule has 0 aliphatic rings. The van der Waals surface area contributed by atoms with Gasteiger partial charge in [-0.3, -0.25) is 10.1 Å². The van der Waals surface area contributed by atoms with Crippen LogP contribution in [-0.4, -0.2) is 11.2 Å². The standard InChI is InChI=1S/C9H8BrNO3/c10-8-4-3-7(2-1-5-12)6-9(8)11(13)14/h3-6H,1-2H2. The van der Waals surface area contributed by atoms with E-state index in [1.54, 1.807) is 12.1 Å². The second-order valence-electron chi connectivity index (χ2n) is 2.75. The van der Waals surface area contributed by atoms with Crippen molar-refractivity contribution in [3.8, 4) is 0 Å². The maximum Gasteiger partial charge on any atom is 0.283 e. The van der Waals surface area contributed by atoms with Gasteiger partial charge >= 0.3 is 0 Å². The Hall–Kier alpha value is -1.23. The quantitative estimate of drug-likeness (QED) is 0.473. The summed E-state index contributed by atoms with van der Waals surface area (Å²) in [5, 5.41) is 10.6. The van der Waals surface area contributed by atoms with Crippen molar-refractivity contribution in [1.82, 2.24) is 0 Å². The molecule has 1 rings (SSSR count). The zero-order valence-corrected chi connectivity index (χ0v) is 8.86. The minimum absolute atomic E-state index is 0.0356. The number of carbonyl (C=O) groups excluding carboxylic acids is 1. The molecule has 0 aromatic heterocycles. The number of aryl methyl sites for hydroxylation is 1. The highest BCUT2D eigenvalue weighted by Crippen LogP contribution is 2.25. The molecule has 0 fully saturated rings. The summed E-state index contributed by atoms with van der Waals surface area (Å²) < 4.78 is 0.456. The fourth-order valence-corrected chi connectivity index (χ4v) is 1.47. The van der Waals surface area contributed by atoms with Gasteiger partial charge in [0.2, 0.25) is 0 Å². The summed E-state index contributed by atoms with van der Waals surface area (Å²) in [6.07, 6.45) is 1.73. The van der Waals surface area contributed by atoms with Gasteiger partial charge in [-0.15, -0.1) is 0 Å². The van der Waals surface area contributed by atoms with Gasteiger partial charge in [0.15, 0.2) is 0 Å². The van der Waals surface area contributed by atoms with E-state index in [2.05, 4.69) is 15.9 Å². The number of hydrogen-bond donors (Lipinski definition) is 0. The Bertz CT molecular complexity index is 365. The van der Waals surface area contributed by atoms with Crippen molar-refractivity contribution in [2.75, 3.05) is 0 Å². The van der Waals surface area contributed by atoms with E-state index in [0.29, 0.717) is 17.3 Å². The van der Waals surface area contributed by atoms with Gasteiger partial charge in [-0.05, 0) is 34.0 Å². The fourth-order valence-electron chi connectivity index (χ4n) is 1.08. The first-order chi connectivity index (χ1) is 6.65. The molecule has 14 heavy (non-hydrogen) atoms. The van der Waals surface area contributed by atoms with Crippen LogP contribution in [-0.2, 0) is 11.2 Å². The third kappa shape index (κ3) is 2.63. The molecule has 5 heteroatoms. The molecular weight excluding hydrogens is 250 g/mol. The first kappa shape index (κ1) is 10.8. The van der Waals surface area contributed by atoms with E-state index in [1.165, 1.54) is 6.07 Å². The summed E-state index contributed by atoms with van der Waals surface area (Å²) in [6, 6.07) is 4.87. The van der Waals surface area contributed by atoms with Crippen LogP contribution in [0.4, 0.5) is 5.69 Å². The van der Waals surface area contributed by atoms with E-state index >= 15 is 0 Å². The average Bonchev–Trinajstić information content (AvgIpc) is 2.16. The number of hydrogen-bond acceptors (Lipinski definition) is 3. The van der Waals surface area contributed by atoms with Crippen LogP contribution in [0.2, 0.25) is 0 Å². The van der Waals surface area contributed by atoms with Gasteiger partial charge in [-0.25, -0.2) is 0 Å². The zero-order valence-electron chi connectivity index (χ0n) is 7.27. The Labute approximate surface area is 89.2 Å². The molecule has 0 N–H and O–H groups in total. The molecule has 0 heterocycles. The number of aldehydes is 1. The number of carbonyl (C=O) groups is 1. The summed E-state index contributed by atoms with van der Waals surface area (Å²) in [7, 11) is 0. The Balaban J connectivity index is 2.94. The SMILES string of the molecule is O=CCCc1ccc(Br)c([N+](=O)[O-])c1. The first-order valence-corrected chi connectivity index (χ1v) is 4.81. The Kier molecular flexibility index (Phi) is 3.76. The molecule has 0 saturated carbocycles. The second-order valence-corrected chi connectivity index (χ2v) is 3.60. The maximum absolute atomic E-state index is 10.6. The van der Waals surface area contributed by atoms with Crippen LogP contribution in [0.1, 0.15) is 12.0 Å². The highest BCUT2D eigenvalue weighted by atomic mass is 79.9. The van der Waals surface area contributed by atoms with Gasteiger partial charge in [0, 0.05) is 12.5 Å². The third-order valence-corrected chi connectivity index (χ3v) is 2.43. The monoisotopic (exact) mass is 257 g/mol. The number of halogens is 1. The van der Waals surface area contributed by atoms with Crippen molar-refractivity contribution < 1.29 is 9.72 Å². The van der Waals surface area contributed by atoms with E-state index < -0.39 is 4.92 Å². The number of nitro benzene ring substituents is 1. The number of rotatable bonds is 4. The summed E-state index contributed by atoms with van der Waals surface area (Å²) >= 11 is 3.09. The van der Waals surface area contributed by atoms with E-state index in [4.69, 9.17) is 0 Å². The Morgan fingerprint density at radius 2 is 2.21 bits per heavy atom. The molecule has 4 nitrogen and oxygen atoms in total. The van der Waals surface area contributed by atoms with E-state index in [-0.39, 0.29) is 5.69 Å². The van der Waals surface area contributed by atoms with Gasteiger partial charge in [-0.2, -0.15) is 0 Å². The van der Waals surface area contributed by atoms with E-state index in [0.717, 1.165) is 11.8 Å². The first-order valence-electron chi connectivity index (χ1n) is 4.01. The smallest absolute Gasteiger partial charge is 0.283 e. The van der Waals surface area contributed by atoms with Gasteiger partial charge in [0.25, 0.3) is 5.69 Å². The molecule has 0 aliphatic carbocycles. The molecule has 0 unspecified atom stereocenters. The minimum Gasteiger partial charge on any atom is -0.303 e. The molecular formula is C9H8BrNO3. The van der Waals surface area contributed by atoms with Crippen LogP contribution < -0.4 is 0 Å². The van der Waals surface area contributed by atoms with Crippen molar-refractivity contribution in [2.45, 2.75) is 12.8 Å². The van der Waals surface area contributed by atoms with Gasteiger partial charge in [0.05, 0.1) is 9.40 Å². The lowest BCUT2D eigenvalue weighted by Gasteiger charge is -1.99. The van der Waals surface area contributed by atoms with E-state index in [1.807, 2.05) is 0 Å². The molecule has 1 aromatic carbocycles. The molecule has 0 radical (unpaired) electrons. The lowest BCUT2D eigenvalue weighted by Crippen LogP contribution is -1.92. The highest BCUT2D eigenvalue weighted by molar-refractivity contribution is 9.10. The van der Waals surface area contributed by atoms with Gasteiger partial charge in [0.1, 0.15) is 6.29 Å². The third-order valence-electron chi connectivity index (χ3n) is 1.76. The summed E-state index contributed by atoms with van der Waals surface area (Å²) in [5.41, 5.74) is 0.834. The highest BCUT2D eigenvalue weighted by Gasteiger charge is 2.11. The van der Waals surface area contributed by atoms with Crippen molar-refractivity contribution in [3.63, 3.8) is 0 Å². The number of benzene rings is 1. The van der Waals surface area contributed by atoms with Crippen LogP contribution in [0.3, 0.4) is 0 Å². The molecule has 74 valence electrons. The number of nitro groups is 1. The van der Waals surface area contributed by atoms with Crippen LogP contribution in [0.5, 0.6) is 0 Å². The molecule has 0 atom stereocenters. The molecule has 0 saturated heterocycles. The maximum atomic E-state index is 10.6. The van der Waals surface area contributed by atoms with Crippen LogP contribution in [0.25, 0.3) is 0 Å². The molecule has 0 bridgehead atoms. The normalized spacial score (nSPS) is 9.79. The molecule has 1 aromatic rings. The van der Waals surface area contributed by atoms with E-state index in [9.17, 15) is 14.9 Å². The van der Waals surface area contributed by atoms with Crippen molar-refractivity contribution in [1.29, 1.82) is 0 Å². The second kappa shape index (κ2) is 4.85. The zero-order chi connectivity index (χ0) is 10.6. The average molecular weight is 258 g/mol. The van der Waals surface area contributed by atoms with Crippen molar-refractivity contribution in [3.05, 3.63) is 38.3 Å². The summed E-state index contributed by atoms with van der Waals surface area (Å²) in [4.78, 5) is 20.2. The van der Waals surface area contributed by atoms with Crippen LogP contribution >= 0.6 is 15.9 Å². The minimum atomic E-state index is -0.450. The molecule has 0 amide bonds. The predicted octanol–water partition coefficient (Wildman–Crippen LogP) is 2.49. The topological polar surface area (TPSA) is 60.2 Å². The van der Waals surface area contributed by atoms with Crippen LogP contribution in [0, 0.1) is 10.1 Å².